The first-order chi connectivity index (χ1) is 45.2. The number of likely N-dealkylation sites (tertiary alicyclic amines) is 2. The predicted octanol–water partition coefficient (Wildman–Crippen LogP) is -3.71. The SMILES string of the molecule is CSCC[C@H](NC(=O)[C@H](CC(C)C)NC(=O)CNC(=O)[C@@H](Cc1ccccc1)NC(=O)[C@@H](Cc1ccccc1)NC(=O)[C@@H](CCC(N)=O)NC(=O)[C@H](CCC(N)=O)NC(=O)[C@@H]1CCCN1C(=O)[C@H](CCCCN)NC(=O)[C@H]1CCCN1C(=O)[C@@H](N)CCCN=C(N)N)C(N)=O. The van der Waals surface area contributed by atoms with Crippen molar-refractivity contribution >= 4 is 94.5 Å². The fourth-order valence-electron chi connectivity index (χ4n) is 11.0. The zero-order valence-corrected chi connectivity index (χ0v) is 55.3. The Morgan fingerprint density at radius 1 is 0.537 bits per heavy atom. The van der Waals surface area contributed by atoms with Crippen LogP contribution >= 0.6 is 11.8 Å². The van der Waals surface area contributed by atoms with Gasteiger partial charge in [-0.1, -0.05) is 74.5 Å². The number of thioether (sulfide) groups is 1. The lowest BCUT2D eigenvalue weighted by molar-refractivity contribution is -0.144. The van der Waals surface area contributed by atoms with Crippen LogP contribution in [0.5, 0.6) is 0 Å². The van der Waals surface area contributed by atoms with Gasteiger partial charge in [0.05, 0.1) is 12.6 Å². The average Bonchev–Trinajstić information content (AvgIpc) is 1.74. The number of nitrogens with zero attached hydrogens (tertiary/aromatic N) is 3. The standard InChI is InChI=1S/C63H98N18O13S/c1-37(2)33-45(57(89)74-41(53(68)85)27-32-95-3)73-52(84)36-72-54(86)46(34-38-15-6-4-7-16-38)78-58(90)47(35-39-17-8-5-9-18-39)79-56(88)42(23-25-50(66)82)75-55(87)43(24-26-51(67)83)76-59(91)49-22-14-31-81(49)62(94)44(20-10-11-28-64)77-60(92)48-21-13-30-80(48)61(93)40(65)19-12-29-71-63(69)70/h4-9,15-18,37,40-49H,10-14,19-36,64-65H2,1-3H3,(H2,66,82)(H2,67,83)(H2,68,85)(H,72,86)(H,73,84)(H,74,89)(H,75,87)(H,76,91)(H,77,92)(H,78,90)(H,79,88)(H4,69,70,71)/t40-,41-,42+,43-,44-,45-,46+,47+,48+,49-/m0/s1. The summed E-state index contributed by atoms with van der Waals surface area (Å²) < 4.78 is 0. The molecular weight excluding hydrogens is 1250 g/mol. The molecule has 0 aromatic heterocycles. The molecule has 2 aliphatic heterocycles. The molecule has 2 heterocycles. The molecule has 0 bridgehead atoms. The minimum Gasteiger partial charge on any atom is -0.370 e. The van der Waals surface area contributed by atoms with E-state index >= 15 is 0 Å². The molecule has 2 aromatic rings. The van der Waals surface area contributed by atoms with Crippen molar-refractivity contribution in [1.82, 2.24) is 52.3 Å². The maximum atomic E-state index is 14.7. The second-order valence-electron chi connectivity index (χ2n) is 24.1. The van der Waals surface area contributed by atoms with Crippen LogP contribution in [0.15, 0.2) is 65.7 Å². The molecule has 0 unspecified atom stereocenters. The number of rotatable bonds is 42. The Bertz CT molecular complexity index is 2960. The highest BCUT2D eigenvalue weighted by atomic mass is 32.2. The molecule has 10 atom stereocenters. The van der Waals surface area contributed by atoms with Crippen molar-refractivity contribution in [2.45, 2.75) is 183 Å². The first kappa shape index (κ1) is 78.5. The van der Waals surface area contributed by atoms with Crippen LogP contribution in [-0.4, -0.2) is 198 Å². The number of carbonyl (C=O) groups is 13. The van der Waals surface area contributed by atoms with Crippen molar-refractivity contribution in [1.29, 1.82) is 0 Å². The summed E-state index contributed by atoms with van der Waals surface area (Å²) in [6, 6.07) is 4.51. The van der Waals surface area contributed by atoms with Crippen LogP contribution in [0.2, 0.25) is 0 Å². The molecule has 22 N–H and O–H groups in total. The first-order valence-electron chi connectivity index (χ1n) is 32.2. The van der Waals surface area contributed by atoms with Crippen LogP contribution in [0.25, 0.3) is 0 Å². The van der Waals surface area contributed by atoms with Crippen LogP contribution in [0.1, 0.15) is 121 Å². The van der Waals surface area contributed by atoms with Crippen molar-refractivity contribution in [3.63, 3.8) is 0 Å². The van der Waals surface area contributed by atoms with E-state index in [0.29, 0.717) is 55.4 Å². The minimum atomic E-state index is -1.64. The number of hydrogen-bond acceptors (Lipinski definition) is 17. The number of nitrogens with one attached hydrogen (secondary N) is 8. The van der Waals surface area contributed by atoms with Crippen LogP contribution < -0.4 is 82.7 Å². The summed E-state index contributed by atoms with van der Waals surface area (Å²) >= 11 is 1.45. The number of hydrogen-bond donors (Lipinski definition) is 15. The molecular formula is C63H98N18O13S. The number of amides is 13. The number of primary amides is 3. The highest BCUT2D eigenvalue weighted by Gasteiger charge is 2.42. The van der Waals surface area contributed by atoms with Crippen LogP contribution in [-0.2, 0) is 75.2 Å². The van der Waals surface area contributed by atoms with E-state index in [0.717, 1.165) is 0 Å². The second kappa shape index (κ2) is 41.0. The van der Waals surface area contributed by atoms with Gasteiger partial charge in [-0.15, -0.1) is 0 Å². The molecule has 2 aromatic carbocycles. The van der Waals surface area contributed by atoms with E-state index in [9.17, 15) is 62.3 Å². The molecule has 2 saturated heterocycles. The fraction of sp³-hybridized carbons (Fsp3) is 0.587. The molecule has 31 nitrogen and oxygen atoms in total. The van der Waals surface area contributed by atoms with E-state index in [4.69, 9.17) is 40.1 Å². The summed E-state index contributed by atoms with van der Waals surface area (Å²) in [5.41, 5.74) is 40.6. The number of unbranched alkanes of at least 4 members (excludes halogenated alkanes) is 1. The molecule has 4 rings (SSSR count). The zero-order valence-electron chi connectivity index (χ0n) is 54.5. The van der Waals surface area contributed by atoms with E-state index in [1.54, 1.807) is 60.7 Å². The molecule has 2 aliphatic rings. The van der Waals surface area contributed by atoms with Gasteiger partial charge in [0, 0.05) is 45.3 Å². The molecule has 0 spiro atoms. The fourth-order valence-corrected chi connectivity index (χ4v) is 11.5. The molecule has 13 amide bonds. The lowest BCUT2D eigenvalue weighted by atomic mass is 10.0. The summed E-state index contributed by atoms with van der Waals surface area (Å²) in [6.45, 7) is 3.86. The summed E-state index contributed by atoms with van der Waals surface area (Å²) in [7, 11) is 0. The van der Waals surface area contributed by atoms with E-state index < -0.39 is 169 Å². The molecule has 0 radical (unpaired) electrons. The molecule has 0 aliphatic carbocycles. The Morgan fingerprint density at radius 3 is 1.51 bits per heavy atom. The van der Waals surface area contributed by atoms with Gasteiger partial charge in [0.15, 0.2) is 5.96 Å². The molecule has 0 saturated carbocycles. The summed E-state index contributed by atoms with van der Waals surface area (Å²) in [5, 5.41) is 21.1. The summed E-state index contributed by atoms with van der Waals surface area (Å²) in [4.78, 5) is 185. The average molecular weight is 1350 g/mol. The molecule has 524 valence electrons. The van der Waals surface area contributed by atoms with Crippen molar-refractivity contribution in [3.05, 3.63) is 71.8 Å². The maximum Gasteiger partial charge on any atom is 0.245 e. The van der Waals surface area contributed by atoms with Crippen LogP contribution in [0.4, 0.5) is 0 Å². The number of guanidine groups is 1. The van der Waals surface area contributed by atoms with Gasteiger partial charge >= 0.3 is 0 Å². The normalized spacial score (nSPS) is 16.8. The monoisotopic (exact) mass is 1350 g/mol. The van der Waals surface area contributed by atoms with Gasteiger partial charge in [-0.25, -0.2) is 0 Å². The Balaban J connectivity index is 1.56. The number of benzene rings is 2. The third-order valence-electron chi connectivity index (χ3n) is 16.0. The topological polar surface area (TPSA) is 519 Å². The van der Waals surface area contributed by atoms with E-state index in [1.807, 2.05) is 20.1 Å². The molecule has 32 heteroatoms. The number of carbonyl (C=O) groups excluding carboxylic acids is 13. The van der Waals surface area contributed by atoms with Crippen LogP contribution in [0, 0.1) is 5.92 Å². The van der Waals surface area contributed by atoms with Gasteiger partial charge in [0.2, 0.25) is 76.8 Å². The smallest absolute Gasteiger partial charge is 0.245 e. The Hall–Kier alpha value is -8.91. The lowest BCUT2D eigenvalue weighted by Gasteiger charge is -2.32. The summed E-state index contributed by atoms with van der Waals surface area (Å²) in [6.07, 6.45) is 3.12. The van der Waals surface area contributed by atoms with E-state index in [2.05, 4.69) is 47.5 Å². The van der Waals surface area contributed by atoms with Gasteiger partial charge in [-0.3, -0.25) is 67.3 Å². The number of aliphatic imine (C=N–C) groups is 1. The van der Waals surface area contributed by atoms with Crippen molar-refractivity contribution in [3.8, 4) is 0 Å². The predicted molar refractivity (Wildman–Crippen MR) is 356 cm³/mol. The Morgan fingerprint density at radius 2 is 1.01 bits per heavy atom. The van der Waals surface area contributed by atoms with Gasteiger partial charge in [0.1, 0.15) is 54.4 Å². The highest BCUT2D eigenvalue weighted by molar-refractivity contribution is 7.98. The lowest BCUT2D eigenvalue weighted by Crippen LogP contribution is -2.60. The third-order valence-corrected chi connectivity index (χ3v) is 16.7. The van der Waals surface area contributed by atoms with E-state index in [-0.39, 0.29) is 83.0 Å². The van der Waals surface area contributed by atoms with Gasteiger partial charge in [-0.05, 0) is 119 Å². The second-order valence-corrected chi connectivity index (χ2v) is 25.1. The van der Waals surface area contributed by atoms with Crippen LogP contribution in [0.3, 0.4) is 0 Å². The first-order valence-corrected chi connectivity index (χ1v) is 33.6. The Labute approximate surface area is 558 Å². The van der Waals surface area contributed by atoms with Crippen molar-refractivity contribution < 1.29 is 62.3 Å². The van der Waals surface area contributed by atoms with Gasteiger partial charge in [-0.2, -0.15) is 11.8 Å². The molecule has 2 fully saturated rings. The minimum absolute atomic E-state index is 0.0736. The molecule has 95 heavy (non-hydrogen) atoms. The third kappa shape index (κ3) is 27.5. The van der Waals surface area contributed by atoms with Crippen molar-refractivity contribution in [2.24, 2.45) is 51.0 Å². The summed E-state index contributed by atoms with van der Waals surface area (Å²) in [5.74, 6) is -9.80. The number of nitrogens with two attached hydrogens (primary N) is 7. The van der Waals surface area contributed by atoms with Gasteiger partial charge in [0.25, 0.3) is 0 Å². The highest BCUT2D eigenvalue weighted by Crippen LogP contribution is 2.24. The van der Waals surface area contributed by atoms with Gasteiger partial charge < -0.3 is 92.5 Å². The van der Waals surface area contributed by atoms with Crippen molar-refractivity contribution in [2.75, 3.05) is 44.7 Å². The zero-order chi connectivity index (χ0) is 70.1. The van der Waals surface area contributed by atoms with E-state index in [1.165, 1.54) is 21.6 Å². The Kier molecular flexibility index (Phi) is 33.9. The largest absolute Gasteiger partial charge is 0.370 e. The maximum absolute atomic E-state index is 14.7. The quantitative estimate of drug-likeness (QED) is 0.0173.